The first-order valence-corrected chi connectivity index (χ1v) is 8.50. The van der Waals surface area contributed by atoms with Crippen molar-refractivity contribution >= 4 is 0 Å². The molecule has 1 N–H and O–H groups in total. The maximum Gasteiger partial charge on any atom is 0.278 e. The zero-order valence-electron chi connectivity index (χ0n) is 14.4. The van der Waals surface area contributed by atoms with Crippen LogP contribution < -0.4 is 10.3 Å². The number of hydrogen-bond acceptors (Lipinski definition) is 3. The largest absolute Gasteiger partial charge is 0.493 e. The van der Waals surface area contributed by atoms with Crippen LogP contribution in [0.15, 0.2) is 16.9 Å². The van der Waals surface area contributed by atoms with E-state index in [1.54, 1.807) is 24.6 Å². The van der Waals surface area contributed by atoms with E-state index in [9.17, 15) is 14.3 Å². The SMILES string of the molecule is CC#Cc1cc(F)c(-c2c(O)n3n(c2=O)CCCCC3)c(OCC)c1. The molecule has 6 heteroatoms. The standard InChI is InChI=1S/C19H21FN2O3/c1-3-8-13-11-14(20)16(15(12-13)25-4-2)17-18(23)21-9-6-5-7-10-22(21)19(17)24/h11-12,23H,4-7,9-10H2,1-2H3. The Balaban J connectivity index is 2.26. The molecule has 0 radical (unpaired) electrons. The molecule has 5 nitrogen and oxygen atoms in total. The molecule has 25 heavy (non-hydrogen) atoms. The van der Waals surface area contributed by atoms with E-state index < -0.39 is 11.4 Å². The minimum absolute atomic E-state index is 0.000855. The quantitative estimate of drug-likeness (QED) is 0.871. The fourth-order valence-corrected chi connectivity index (χ4v) is 3.26. The lowest BCUT2D eigenvalue weighted by atomic mass is 10.0. The van der Waals surface area contributed by atoms with Crippen molar-refractivity contribution < 1.29 is 14.2 Å². The molecule has 2 heterocycles. The number of rotatable bonds is 3. The highest BCUT2D eigenvalue weighted by Crippen LogP contribution is 2.37. The molecule has 1 aromatic carbocycles. The highest BCUT2D eigenvalue weighted by molar-refractivity contribution is 5.75. The van der Waals surface area contributed by atoms with Crippen LogP contribution in [0.5, 0.6) is 11.6 Å². The first-order chi connectivity index (χ1) is 12.1. The molecule has 0 amide bonds. The number of halogens is 1. The first kappa shape index (κ1) is 17.2. The molecule has 0 saturated heterocycles. The number of aromatic nitrogens is 2. The fourth-order valence-electron chi connectivity index (χ4n) is 3.26. The van der Waals surface area contributed by atoms with E-state index in [-0.39, 0.29) is 22.8 Å². The molecule has 1 aliphatic rings. The van der Waals surface area contributed by atoms with Gasteiger partial charge in [0.25, 0.3) is 5.56 Å². The van der Waals surface area contributed by atoms with E-state index in [0.29, 0.717) is 25.3 Å². The molecule has 1 aliphatic heterocycles. The average Bonchev–Trinajstić information content (AvgIpc) is 2.75. The number of hydrogen-bond donors (Lipinski definition) is 1. The van der Waals surface area contributed by atoms with Crippen LogP contribution in [0.1, 0.15) is 38.7 Å². The Hall–Kier alpha value is -2.68. The lowest BCUT2D eigenvalue weighted by Crippen LogP contribution is -2.22. The zero-order valence-corrected chi connectivity index (χ0v) is 14.4. The topological polar surface area (TPSA) is 56.4 Å². The summed E-state index contributed by atoms with van der Waals surface area (Å²) in [6.45, 7) is 4.80. The summed E-state index contributed by atoms with van der Waals surface area (Å²) < 4.78 is 23.4. The molecular weight excluding hydrogens is 323 g/mol. The van der Waals surface area contributed by atoms with Crippen molar-refractivity contribution in [2.45, 2.75) is 46.2 Å². The minimum atomic E-state index is -0.627. The molecule has 0 fully saturated rings. The maximum absolute atomic E-state index is 14.8. The van der Waals surface area contributed by atoms with E-state index in [1.807, 2.05) is 0 Å². The van der Waals surface area contributed by atoms with E-state index in [0.717, 1.165) is 19.3 Å². The van der Waals surface area contributed by atoms with Crippen LogP contribution in [-0.2, 0) is 13.1 Å². The Morgan fingerprint density at radius 2 is 1.92 bits per heavy atom. The number of fused-ring (bicyclic) bond motifs is 1. The molecule has 0 spiro atoms. The number of nitrogens with zero attached hydrogens (tertiary/aromatic N) is 2. The summed E-state index contributed by atoms with van der Waals surface area (Å²) in [6, 6.07) is 2.87. The number of aromatic hydroxyl groups is 1. The third-order valence-corrected chi connectivity index (χ3v) is 4.32. The Bertz CT molecular complexity index is 915. The van der Waals surface area contributed by atoms with Gasteiger partial charge in [0, 0.05) is 18.7 Å². The lowest BCUT2D eigenvalue weighted by molar-refractivity contribution is 0.339. The van der Waals surface area contributed by atoms with Gasteiger partial charge >= 0.3 is 0 Å². The van der Waals surface area contributed by atoms with Gasteiger partial charge in [-0.05, 0) is 45.2 Å². The van der Waals surface area contributed by atoms with Crippen molar-refractivity contribution in [2.75, 3.05) is 6.61 Å². The van der Waals surface area contributed by atoms with Gasteiger partial charge in [0.1, 0.15) is 17.1 Å². The Kier molecular flexibility index (Phi) is 4.84. The second-order valence-corrected chi connectivity index (χ2v) is 5.95. The zero-order chi connectivity index (χ0) is 18.0. The van der Waals surface area contributed by atoms with Gasteiger partial charge in [-0.3, -0.25) is 9.48 Å². The smallest absolute Gasteiger partial charge is 0.278 e. The normalized spacial score (nSPS) is 13.6. The fraction of sp³-hybridized carbons (Fsp3) is 0.421. The highest BCUT2D eigenvalue weighted by Gasteiger charge is 2.27. The van der Waals surface area contributed by atoms with Gasteiger partial charge in [-0.15, -0.1) is 5.92 Å². The molecule has 2 aromatic rings. The summed E-state index contributed by atoms with van der Waals surface area (Å²) in [5.74, 6) is 4.89. The number of ether oxygens (including phenoxy) is 1. The molecular formula is C19H21FN2O3. The Morgan fingerprint density at radius 1 is 1.20 bits per heavy atom. The van der Waals surface area contributed by atoms with Crippen LogP contribution in [0, 0.1) is 17.7 Å². The van der Waals surface area contributed by atoms with Crippen LogP contribution in [0.4, 0.5) is 4.39 Å². The van der Waals surface area contributed by atoms with Gasteiger partial charge in [-0.2, -0.15) is 0 Å². The Morgan fingerprint density at radius 3 is 2.60 bits per heavy atom. The van der Waals surface area contributed by atoms with Crippen molar-refractivity contribution in [3.63, 3.8) is 0 Å². The van der Waals surface area contributed by atoms with Crippen molar-refractivity contribution in [1.82, 2.24) is 9.36 Å². The highest BCUT2D eigenvalue weighted by atomic mass is 19.1. The van der Waals surface area contributed by atoms with Crippen molar-refractivity contribution in [3.8, 4) is 34.6 Å². The van der Waals surface area contributed by atoms with Crippen LogP contribution in [-0.4, -0.2) is 21.1 Å². The monoisotopic (exact) mass is 344 g/mol. The average molecular weight is 344 g/mol. The Labute approximate surface area is 145 Å². The first-order valence-electron chi connectivity index (χ1n) is 8.50. The van der Waals surface area contributed by atoms with Gasteiger partial charge in [0.2, 0.25) is 5.88 Å². The molecule has 3 rings (SSSR count). The van der Waals surface area contributed by atoms with Crippen molar-refractivity contribution in [3.05, 3.63) is 33.9 Å². The van der Waals surface area contributed by atoms with Gasteiger partial charge < -0.3 is 9.84 Å². The van der Waals surface area contributed by atoms with E-state index in [1.165, 1.54) is 10.7 Å². The second kappa shape index (κ2) is 7.06. The predicted octanol–water partition coefficient (Wildman–Crippen LogP) is 3.12. The summed E-state index contributed by atoms with van der Waals surface area (Å²) in [7, 11) is 0. The van der Waals surface area contributed by atoms with Crippen LogP contribution in [0.25, 0.3) is 11.1 Å². The predicted molar refractivity (Wildman–Crippen MR) is 93.3 cm³/mol. The van der Waals surface area contributed by atoms with Crippen LogP contribution >= 0.6 is 0 Å². The summed E-state index contributed by atoms with van der Waals surface area (Å²) in [5, 5.41) is 10.6. The molecule has 132 valence electrons. The summed E-state index contributed by atoms with van der Waals surface area (Å²) in [6.07, 6.45) is 2.72. The van der Waals surface area contributed by atoms with Gasteiger partial charge in [-0.1, -0.05) is 5.92 Å². The third kappa shape index (κ3) is 3.02. The van der Waals surface area contributed by atoms with Gasteiger partial charge in [0.15, 0.2) is 0 Å². The third-order valence-electron chi connectivity index (χ3n) is 4.32. The molecule has 0 aliphatic carbocycles. The van der Waals surface area contributed by atoms with Crippen molar-refractivity contribution in [1.29, 1.82) is 0 Å². The number of benzene rings is 1. The maximum atomic E-state index is 14.8. The molecule has 0 atom stereocenters. The van der Waals surface area contributed by atoms with Gasteiger partial charge in [0.05, 0.1) is 12.2 Å². The summed E-state index contributed by atoms with van der Waals surface area (Å²) in [5.41, 5.74) is 0.0269. The molecule has 1 aromatic heterocycles. The lowest BCUT2D eigenvalue weighted by Gasteiger charge is -2.11. The van der Waals surface area contributed by atoms with E-state index in [2.05, 4.69) is 11.8 Å². The molecule has 0 bridgehead atoms. The summed E-state index contributed by atoms with van der Waals surface area (Å²) in [4.78, 5) is 12.8. The minimum Gasteiger partial charge on any atom is -0.493 e. The van der Waals surface area contributed by atoms with Gasteiger partial charge in [-0.25, -0.2) is 9.07 Å². The van der Waals surface area contributed by atoms with Crippen LogP contribution in [0.3, 0.4) is 0 Å². The van der Waals surface area contributed by atoms with E-state index in [4.69, 9.17) is 4.74 Å². The second-order valence-electron chi connectivity index (χ2n) is 5.95. The summed E-state index contributed by atoms with van der Waals surface area (Å²) >= 11 is 0. The molecule has 0 unspecified atom stereocenters. The van der Waals surface area contributed by atoms with Crippen molar-refractivity contribution in [2.24, 2.45) is 0 Å². The molecule has 0 saturated carbocycles. The van der Waals surface area contributed by atoms with E-state index >= 15 is 0 Å². The van der Waals surface area contributed by atoms with Crippen LogP contribution in [0.2, 0.25) is 0 Å².